The number of hydrogen-bond acceptors (Lipinski definition) is 5. The van der Waals surface area contributed by atoms with Crippen molar-refractivity contribution in [2.45, 2.75) is 0 Å². The van der Waals surface area contributed by atoms with Gasteiger partial charge in [-0.3, -0.25) is 4.79 Å². The van der Waals surface area contributed by atoms with E-state index in [1.807, 2.05) is 0 Å². The fourth-order valence-electron chi connectivity index (χ4n) is 1.48. The van der Waals surface area contributed by atoms with Gasteiger partial charge in [-0.15, -0.1) is 0 Å². The van der Waals surface area contributed by atoms with Crippen LogP contribution in [0.4, 0.5) is 0 Å². The van der Waals surface area contributed by atoms with Crippen molar-refractivity contribution in [3.05, 3.63) is 35.9 Å². The van der Waals surface area contributed by atoms with Gasteiger partial charge < -0.3 is 9.92 Å². The molecule has 6 nitrogen and oxygen atoms in total. The standard InChI is InChI=1S/C11H10N2O4S/c1-18(15,16)17-11-8(10(12)14)6-7-4-2-3-5-9(7)13-11/h2-6H,1H3,(H2,12,14). The summed E-state index contributed by atoms with van der Waals surface area (Å²) in [5, 5.41) is 0.673. The Kier molecular flexibility index (Phi) is 2.92. The van der Waals surface area contributed by atoms with Gasteiger partial charge in [0.15, 0.2) is 0 Å². The average molecular weight is 266 g/mol. The fraction of sp³-hybridized carbons (Fsp3) is 0.0909. The lowest BCUT2D eigenvalue weighted by molar-refractivity contribution is 0.0998. The number of fused-ring (bicyclic) bond motifs is 1. The summed E-state index contributed by atoms with van der Waals surface area (Å²) in [7, 11) is -3.77. The van der Waals surface area contributed by atoms with Crippen LogP contribution in [0.25, 0.3) is 10.9 Å². The second-order valence-electron chi connectivity index (χ2n) is 3.69. The van der Waals surface area contributed by atoms with Crippen LogP contribution in [0.5, 0.6) is 5.88 Å². The average Bonchev–Trinajstić information content (AvgIpc) is 2.25. The van der Waals surface area contributed by atoms with Gasteiger partial charge in [0, 0.05) is 5.39 Å². The van der Waals surface area contributed by atoms with Gasteiger partial charge in [-0.2, -0.15) is 8.42 Å². The first-order valence-corrected chi connectivity index (χ1v) is 6.77. The van der Waals surface area contributed by atoms with E-state index >= 15 is 0 Å². The number of nitrogens with two attached hydrogens (primary N) is 1. The van der Waals surface area contributed by atoms with E-state index in [9.17, 15) is 13.2 Å². The van der Waals surface area contributed by atoms with Crippen LogP contribution in [0.1, 0.15) is 10.4 Å². The summed E-state index contributed by atoms with van der Waals surface area (Å²) in [4.78, 5) is 15.2. The molecule has 0 saturated heterocycles. The summed E-state index contributed by atoms with van der Waals surface area (Å²) < 4.78 is 26.9. The Balaban J connectivity index is 2.69. The fourth-order valence-corrected chi connectivity index (χ4v) is 1.90. The molecule has 1 amide bonds. The quantitative estimate of drug-likeness (QED) is 0.823. The van der Waals surface area contributed by atoms with Crippen molar-refractivity contribution < 1.29 is 17.4 Å². The molecular weight excluding hydrogens is 256 g/mol. The van der Waals surface area contributed by atoms with E-state index in [1.165, 1.54) is 6.07 Å². The Morgan fingerprint density at radius 2 is 2.00 bits per heavy atom. The first-order valence-electron chi connectivity index (χ1n) is 4.96. The maximum Gasteiger partial charge on any atom is 0.307 e. The number of aromatic nitrogens is 1. The van der Waals surface area contributed by atoms with Gasteiger partial charge in [-0.25, -0.2) is 4.98 Å². The molecule has 0 aliphatic carbocycles. The molecule has 94 valence electrons. The lowest BCUT2D eigenvalue weighted by Gasteiger charge is -2.07. The largest absolute Gasteiger partial charge is 0.365 e. The van der Waals surface area contributed by atoms with Gasteiger partial charge in [0.05, 0.1) is 11.8 Å². The van der Waals surface area contributed by atoms with E-state index in [4.69, 9.17) is 5.73 Å². The van der Waals surface area contributed by atoms with Crippen LogP contribution >= 0.6 is 0 Å². The number of rotatable bonds is 3. The molecule has 0 atom stereocenters. The first kappa shape index (κ1) is 12.3. The highest BCUT2D eigenvalue weighted by Crippen LogP contribution is 2.22. The summed E-state index contributed by atoms with van der Waals surface area (Å²) in [5.74, 6) is -1.10. The lowest BCUT2D eigenvalue weighted by Crippen LogP contribution is -2.16. The van der Waals surface area contributed by atoms with Crippen molar-refractivity contribution in [1.29, 1.82) is 0 Å². The Labute approximate surface area is 104 Å². The molecule has 7 heteroatoms. The molecule has 2 N–H and O–H groups in total. The second kappa shape index (κ2) is 4.26. The molecule has 0 spiro atoms. The third kappa shape index (κ3) is 2.57. The van der Waals surface area contributed by atoms with Crippen LogP contribution in [0.3, 0.4) is 0 Å². The van der Waals surface area contributed by atoms with Crippen molar-refractivity contribution >= 4 is 26.9 Å². The van der Waals surface area contributed by atoms with Crippen molar-refractivity contribution in [2.24, 2.45) is 5.73 Å². The first-order chi connectivity index (χ1) is 8.37. The van der Waals surface area contributed by atoms with Gasteiger partial charge >= 0.3 is 10.1 Å². The third-order valence-electron chi connectivity index (χ3n) is 2.18. The lowest BCUT2D eigenvalue weighted by atomic mass is 10.1. The van der Waals surface area contributed by atoms with Crippen molar-refractivity contribution in [1.82, 2.24) is 4.98 Å². The molecule has 0 bridgehead atoms. The maximum absolute atomic E-state index is 11.3. The molecule has 1 aromatic heterocycles. The predicted octanol–water partition coefficient (Wildman–Crippen LogP) is 0.672. The minimum Gasteiger partial charge on any atom is -0.365 e. The summed E-state index contributed by atoms with van der Waals surface area (Å²) in [6.45, 7) is 0. The molecular formula is C11H10N2O4S. The van der Waals surface area contributed by atoms with E-state index in [2.05, 4.69) is 9.17 Å². The smallest absolute Gasteiger partial charge is 0.307 e. The molecule has 2 aromatic rings. The summed E-state index contributed by atoms with van der Waals surface area (Å²) in [6, 6.07) is 8.37. The zero-order valence-electron chi connectivity index (χ0n) is 9.45. The number of para-hydroxylation sites is 1. The highest BCUT2D eigenvalue weighted by Gasteiger charge is 2.16. The number of primary amides is 1. The molecule has 0 radical (unpaired) electrons. The SMILES string of the molecule is CS(=O)(=O)Oc1nc2ccccc2cc1C(N)=O. The molecule has 0 unspecified atom stereocenters. The van der Waals surface area contributed by atoms with Gasteiger partial charge in [0.2, 0.25) is 5.88 Å². The maximum atomic E-state index is 11.3. The van der Waals surface area contributed by atoms with Gasteiger partial charge in [-0.1, -0.05) is 18.2 Å². The minimum atomic E-state index is -3.77. The van der Waals surface area contributed by atoms with E-state index in [1.54, 1.807) is 24.3 Å². The van der Waals surface area contributed by atoms with Crippen LogP contribution in [-0.4, -0.2) is 25.6 Å². The topological polar surface area (TPSA) is 99.3 Å². The van der Waals surface area contributed by atoms with Crippen molar-refractivity contribution in [3.63, 3.8) is 0 Å². The van der Waals surface area contributed by atoms with Gasteiger partial charge in [0.1, 0.15) is 5.56 Å². The highest BCUT2D eigenvalue weighted by molar-refractivity contribution is 7.86. The Hall–Kier alpha value is -2.15. The van der Waals surface area contributed by atoms with Crippen LogP contribution in [-0.2, 0) is 10.1 Å². The van der Waals surface area contributed by atoms with E-state index < -0.39 is 16.0 Å². The summed E-state index contributed by atoms with van der Waals surface area (Å²) >= 11 is 0. The zero-order valence-corrected chi connectivity index (χ0v) is 10.3. The number of pyridine rings is 1. The molecule has 0 saturated carbocycles. The Morgan fingerprint density at radius 1 is 1.33 bits per heavy atom. The monoisotopic (exact) mass is 266 g/mol. The number of hydrogen-bond donors (Lipinski definition) is 1. The molecule has 18 heavy (non-hydrogen) atoms. The van der Waals surface area contributed by atoms with E-state index in [0.29, 0.717) is 10.9 Å². The predicted molar refractivity (Wildman–Crippen MR) is 65.7 cm³/mol. The van der Waals surface area contributed by atoms with E-state index in [0.717, 1.165) is 6.26 Å². The third-order valence-corrected chi connectivity index (χ3v) is 2.65. The number of nitrogens with zero attached hydrogens (tertiary/aromatic N) is 1. The van der Waals surface area contributed by atoms with Crippen LogP contribution in [0, 0.1) is 0 Å². The van der Waals surface area contributed by atoms with Crippen molar-refractivity contribution in [3.8, 4) is 5.88 Å². The number of benzene rings is 1. The number of amides is 1. The van der Waals surface area contributed by atoms with Crippen LogP contribution in [0.2, 0.25) is 0 Å². The Bertz CT molecular complexity index is 725. The number of carbonyl (C=O) groups excluding carboxylic acids is 1. The zero-order chi connectivity index (χ0) is 13.3. The normalized spacial score (nSPS) is 11.4. The van der Waals surface area contributed by atoms with Crippen molar-refractivity contribution in [2.75, 3.05) is 6.26 Å². The van der Waals surface area contributed by atoms with Crippen LogP contribution in [0.15, 0.2) is 30.3 Å². The molecule has 1 heterocycles. The van der Waals surface area contributed by atoms with Gasteiger partial charge in [0.25, 0.3) is 5.91 Å². The molecule has 2 rings (SSSR count). The molecule has 1 aromatic carbocycles. The summed E-state index contributed by atoms with van der Waals surface area (Å²) in [6.07, 6.45) is 0.870. The summed E-state index contributed by atoms with van der Waals surface area (Å²) in [5.41, 5.74) is 5.62. The van der Waals surface area contributed by atoms with E-state index in [-0.39, 0.29) is 11.4 Å². The van der Waals surface area contributed by atoms with Crippen LogP contribution < -0.4 is 9.92 Å². The molecule has 0 aliphatic rings. The molecule has 0 aliphatic heterocycles. The highest BCUT2D eigenvalue weighted by atomic mass is 32.2. The molecule has 0 fully saturated rings. The minimum absolute atomic E-state index is 0.0703. The Morgan fingerprint density at radius 3 is 2.61 bits per heavy atom. The second-order valence-corrected chi connectivity index (χ2v) is 5.26. The van der Waals surface area contributed by atoms with Gasteiger partial charge in [-0.05, 0) is 12.1 Å². The number of carbonyl (C=O) groups is 1.